The van der Waals surface area contributed by atoms with Crippen LogP contribution in [0.1, 0.15) is 28.9 Å². The molecule has 2 heterocycles. The van der Waals surface area contributed by atoms with Crippen LogP contribution < -0.4 is 10.1 Å². The lowest BCUT2D eigenvalue weighted by Crippen LogP contribution is -2.35. The fourth-order valence-electron chi connectivity index (χ4n) is 3.15. The maximum atomic E-state index is 12.2. The predicted octanol–water partition coefficient (Wildman–Crippen LogP) is 3.01. The van der Waals surface area contributed by atoms with Crippen molar-refractivity contribution in [1.82, 2.24) is 19.9 Å². The molecular formula is C21H21Cl2N5O3. The number of aliphatic hydroxyl groups excluding tert-OH is 1. The summed E-state index contributed by atoms with van der Waals surface area (Å²) < 4.78 is 7.08. The van der Waals surface area contributed by atoms with E-state index in [0.717, 1.165) is 17.0 Å². The Kier molecular flexibility index (Phi) is 7.33. The minimum Gasteiger partial charge on any atom is -0.489 e. The first kappa shape index (κ1) is 22.8. The molecule has 2 aromatic heterocycles. The van der Waals surface area contributed by atoms with E-state index in [1.807, 2.05) is 13.8 Å². The number of hydrogen-bond donors (Lipinski definition) is 2. The molecule has 2 N–H and O–H groups in total. The van der Waals surface area contributed by atoms with Crippen LogP contribution in [0.5, 0.6) is 5.75 Å². The van der Waals surface area contributed by atoms with Crippen LogP contribution in [0.15, 0.2) is 24.4 Å². The lowest BCUT2D eigenvalue weighted by atomic mass is 10.1. The summed E-state index contributed by atoms with van der Waals surface area (Å²) >= 11 is 12.0. The minimum absolute atomic E-state index is 0.0386. The molecule has 0 aliphatic rings. The van der Waals surface area contributed by atoms with E-state index in [-0.39, 0.29) is 30.5 Å². The monoisotopic (exact) mass is 461 g/mol. The lowest BCUT2D eigenvalue weighted by molar-refractivity contribution is -0.121. The summed E-state index contributed by atoms with van der Waals surface area (Å²) in [5.74, 6) is 0.156. The van der Waals surface area contributed by atoms with Crippen LogP contribution in [0.2, 0.25) is 10.0 Å². The molecule has 8 nitrogen and oxygen atoms in total. The van der Waals surface area contributed by atoms with Crippen molar-refractivity contribution in [1.29, 1.82) is 5.26 Å². The van der Waals surface area contributed by atoms with E-state index in [4.69, 9.17) is 33.2 Å². The van der Waals surface area contributed by atoms with E-state index in [1.165, 1.54) is 6.20 Å². The number of carbonyl (C=O) groups is 1. The molecular weight excluding hydrogens is 441 g/mol. The normalized spacial score (nSPS) is 11.9. The fourth-order valence-corrected chi connectivity index (χ4v) is 3.50. The number of nitrogens with zero attached hydrogens (tertiary/aromatic N) is 4. The first-order valence-electron chi connectivity index (χ1n) is 9.57. The van der Waals surface area contributed by atoms with Crippen molar-refractivity contribution in [3.63, 3.8) is 0 Å². The first-order valence-corrected chi connectivity index (χ1v) is 10.3. The maximum absolute atomic E-state index is 12.2. The number of benzene rings is 1. The molecule has 0 aliphatic heterocycles. The SMILES string of the molecule is Cc1nc2c(C#N)cnn2c(C)c1CCC(=O)NCC(O)COc1cccc(Cl)c1Cl. The van der Waals surface area contributed by atoms with Gasteiger partial charge in [-0.15, -0.1) is 0 Å². The van der Waals surface area contributed by atoms with Crippen LogP contribution in [-0.2, 0) is 11.2 Å². The molecule has 0 spiro atoms. The molecule has 10 heteroatoms. The van der Waals surface area contributed by atoms with E-state index in [9.17, 15) is 9.90 Å². The number of fused-ring (bicyclic) bond motifs is 1. The number of aromatic nitrogens is 3. The molecule has 1 unspecified atom stereocenters. The second-order valence-electron chi connectivity index (χ2n) is 6.99. The zero-order chi connectivity index (χ0) is 22.5. The van der Waals surface area contributed by atoms with Crippen LogP contribution in [0.3, 0.4) is 0 Å². The number of nitrogens with one attached hydrogen (secondary N) is 1. The maximum Gasteiger partial charge on any atom is 0.220 e. The molecule has 3 aromatic rings. The Morgan fingerprint density at radius 3 is 2.90 bits per heavy atom. The average Bonchev–Trinajstić information content (AvgIpc) is 3.16. The summed E-state index contributed by atoms with van der Waals surface area (Å²) in [6.07, 6.45) is 1.24. The fraction of sp³-hybridized carbons (Fsp3) is 0.333. The average molecular weight is 462 g/mol. The summed E-state index contributed by atoms with van der Waals surface area (Å²) in [7, 11) is 0. The predicted molar refractivity (Wildman–Crippen MR) is 116 cm³/mol. The van der Waals surface area contributed by atoms with E-state index in [1.54, 1.807) is 22.7 Å². The van der Waals surface area contributed by atoms with Gasteiger partial charge < -0.3 is 15.2 Å². The second-order valence-corrected chi connectivity index (χ2v) is 7.77. The van der Waals surface area contributed by atoms with Gasteiger partial charge in [0.05, 0.1) is 11.2 Å². The molecule has 1 amide bonds. The molecule has 31 heavy (non-hydrogen) atoms. The van der Waals surface area contributed by atoms with Crippen LogP contribution >= 0.6 is 23.2 Å². The number of aliphatic hydroxyl groups is 1. The number of hydrogen-bond acceptors (Lipinski definition) is 6. The van der Waals surface area contributed by atoms with E-state index in [0.29, 0.717) is 28.4 Å². The van der Waals surface area contributed by atoms with Crippen molar-refractivity contribution in [3.8, 4) is 11.8 Å². The lowest BCUT2D eigenvalue weighted by Gasteiger charge is -2.15. The van der Waals surface area contributed by atoms with Gasteiger partial charge in [-0.25, -0.2) is 9.50 Å². The smallest absolute Gasteiger partial charge is 0.220 e. The summed E-state index contributed by atoms with van der Waals surface area (Å²) in [5.41, 5.74) is 3.40. The van der Waals surface area contributed by atoms with Crippen molar-refractivity contribution in [2.45, 2.75) is 32.8 Å². The van der Waals surface area contributed by atoms with Crippen molar-refractivity contribution in [2.24, 2.45) is 0 Å². The molecule has 0 saturated carbocycles. The van der Waals surface area contributed by atoms with Gasteiger partial charge in [-0.05, 0) is 38.0 Å². The Bertz CT molecular complexity index is 1160. The number of carbonyl (C=O) groups excluding carboxylic acids is 1. The standard InChI is InChI=1S/C21H21Cl2N5O3/c1-12-16(13(2)28-21(27-12)14(8-24)9-26-28)6-7-19(30)25-10-15(29)11-31-18-5-3-4-17(22)20(18)23/h3-5,9,15,29H,6-7,10-11H2,1-2H3,(H,25,30). The molecule has 1 atom stereocenters. The highest BCUT2D eigenvalue weighted by atomic mass is 35.5. The van der Waals surface area contributed by atoms with Gasteiger partial charge in [0.1, 0.15) is 35.1 Å². The van der Waals surface area contributed by atoms with Gasteiger partial charge in [0, 0.05) is 24.4 Å². The van der Waals surface area contributed by atoms with Crippen molar-refractivity contribution >= 4 is 34.8 Å². The molecule has 0 saturated heterocycles. The Morgan fingerprint density at radius 1 is 1.39 bits per heavy atom. The van der Waals surface area contributed by atoms with Crippen molar-refractivity contribution < 1.29 is 14.6 Å². The molecule has 0 aliphatic carbocycles. The van der Waals surface area contributed by atoms with Crippen LogP contribution in [0.4, 0.5) is 0 Å². The number of rotatable bonds is 8. The molecule has 3 rings (SSSR count). The third kappa shape index (κ3) is 5.25. The number of aryl methyl sites for hydroxylation is 2. The van der Waals surface area contributed by atoms with E-state index >= 15 is 0 Å². The molecule has 0 fully saturated rings. The zero-order valence-corrected chi connectivity index (χ0v) is 18.5. The third-order valence-corrected chi connectivity index (χ3v) is 5.61. The highest BCUT2D eigenvalue weighted by Gasteiger charge is 2.15. The van der Waals surface area contributed by atoms with Gasteiger partial charge in [0.15, 0.2) is 5.65 Å². The summed E-state index contributed by atoms with van der Waals surface area (Å²) in [5, 5.41) is 26.7. The second kappa shape index (κ2) is 9.96. The summed E-state index contributed by atoms with van der Waals surface area (Å²) in [4.78, 5) is 16.7. The molecule has 1 aromatic carbocycles. The van der Waals surface area contributed by atoms with Crippen LogP contribution in [0, 0.1) is 25.2 Å². The number of nitriles is 1. The van der Waals surface area contributed by atoms with E-state index < -0.39 is 6.10 Å². The van der Waals surface area contributed by atoms with Gasteiger partial charge in [0.25, 0.3) is 0 Å². The van der Waals surface area contributed by atoms with Gasteiger partial charge in [0.2, 0.25) is 5.91 Å². The van der Waals surface area contributed by atoms with Gasteiger partial charge >= 0.3 is 0 Å². The highest BCUT2D eigenvalue weighted by molar-refractivity contribution is 6.42. The highest BCUT2D eigenvalue weighted by Crippen LogP contribution is 2.31. The first-order chi connectivity index (χ1) is 14.8. The Labute approximate surface area is 189 Å². The van der Waals surface area contributed by atoms with Crippen molar-refractivity contribution in [3.05, 3.63) is 57.0 Å². The zero-order valence-electron chi connectivity index (χ0n) is 17.0. The largest absolute Gasteiger partial charge is 0.489 e. The third-order valence-electron chi connectivity index (χ3n) is 4.81. The Balaban J connectivity index is 1.51. The minimum atomic E-state index is -0.908. The number of ether oxygens (including phenoxy) is 1. The molecule has 0 radical (unpaired) electrons. The van der Waals surface area contributed by atoms with Crippen LogP contribution in [-0.4, -0.2) is 44.9 Å². The molecule has 162 valence electrons. The number of halogens is 2. The van der Waals surface area contributed by atoms with Gasteiger partial charge in [-0.2, -0.15) is 10.4 Å². The van der Waals surface area contributed by atoms with Crippen molar-refractivity contribution in [2.75, 3.05) is 13.2 Å². The summed E-state index contributed by atoms with van der Waals surface area (Å²) in [6.45, 7) is 3.72. The van der Waals surface area contributed by atoms with Crippen LogP contribution in [0.25, 0.3) is 5.65 Å². The van der Waals surface area contributed by atoms with Gasteiger partial charge in [-0.3, -0.25) is 4.79 Å². The molecule has 0 bridgehead atoms. The Morgan fingerprint density at radius 2 is 2.16 bits per heavy atom. The Hall–Kier alpha value is -2.86. The number of amides is 1. The van der Waals surface area contributed by atoms with Gasteiger partial charge in [-0.1, -0.05) is 29.3 Å². The quantitative estimate of drug-likeness (QED) is 0.532. The van der Waals surface area contributed by atoms with E-state index in [2.05, 4.69) is 21.5 Å². The topological polar surface area (TPSA) is 113 Å². The summed E-state index contributed by atoms with van der Waals surface area (Å²) in [6, 6.07) is 7.05.